The third-order valence-electron chi connectivity index (χ3n) is 5.44. The molecule has 0 bridgehead atoms. The summed E-state index contributed by atoms with van der Waals surface area (Å²) in [6.07, 6.45) is 1.32. The fourth-order valence-electron chi connectivity index (χ4n) is 3.63. The summed E-state index contributed by atoms with van der Waals surface area (Å²) in [5.41, 5.74) is 1.92. The largest absolute Gasteiger partial charge is 0.345 e. The van der Waals surface area contributed by atoms with Gasteiger partial charge in [0.2, 0.25) is 15.9 Å². The minimum atomic E-state index is -3.66. The van der Waals surface area contributed by atoms with E-state index in [2.05, 4.69) is 10.6 Å². The molecule has 3 aromatic carbocycles. The van der Waals surface area contributed by atoms with Crippen LogP contribution < -0.4 is 14.9 Å². The first-order chi connectivity index (χ1) is 17.1. The van der Waals surface area contributed by atoms with E-state index in [0.717, 1.165) is 16.1 Å². The zero-order chi connectivity index (χ0) is 26.3. The van der Waals surface area contributed by atoms with Gasteiger partial charge in [-0.15, -0.1) is 0 Å². The Balaban J connectivity index is 1.64. The molecule has 3 rings (SSSR count). The average Bonchev–Trinajstić information content (AvgIpc) is 2.83. The minimum absolute atomic E-state index is 0.0283. The summed E-state index contributed by atoms with van der Waals surface area (Å²) in [5, 5.41) is 6.28. The maximum absolute atomic E-state index is 12.9. The van der Waals surface area contributed by atoms with E-state index in [-0.39, 0.29) is 48.0 Å². The Bertz CT molecular complexity index is 1330. The van der Waals surface area contributed by atoms with Crippen molar-refractivity contribution < 1.29 is 18.0 Å². The van der Waals surface area contributed by atoms with E-state index in [1.54, 1.807) is 30.3 Å². The van der Waals surface area contributed by atoms with Crippen molar-refractivity contribution in [1.29, 1.82) is 0 Å². The second kappa shape index (κ2) is 12.3. The molecule has 2 amide bonds. The lowest BCUT2D eigenvalue weighted by Gasteiger charge is -2.23. The van der Waals surface area contributed by atoms with Crippen LogP contribution in [0.4, 0.5) is 11.4 Å². The van der Waals surface area contributed by atoms with Crippen molar-refractivity contribution >= 4 is 56.4 Å². The van der Waals surface area contributed by atoms with Gasteiger partial charge in [0.15, 0.2) is 0 Å². The highest BCUT2D eigenvalue weighted by Gasteiger charge is 2.21. The maximum Gasteiger partial charge on any atom is 0.253 e. The molecule has 0 aliphatic carbocycles. The molecule has 3 aromatic rings. The van der Waals surface area contributed by atoms with E-state index in [1.165, 1.54) is 12.1 Å². The molecule has 0 saturated heterocycles. The van der Waals surface area contributed by atoms with E-state index in [1.807, 2.05) is 37.3 Å². The molecule has 0 saturated carbocycles. The maximum atomic E-state index is 12.9. The molecule has 36 heavy (non-hydrogen) atoms. The van der Waals surface area contributed by atoms with Crippen LogP contribution in [0.15, 0.2) is 72.8 Å². The molecule has 0 fully saturated rings. The second-order valence-corrected chi connectivity index (χ2v) is 11.0. The van der Waals surface area contributed by atoms with E-state index in [9.17, 15) is 18.0 Å². The molecule has 7 nitrogen and oxygen atoms in total. The summed E-state index contributed by atoms with van der Waals surface area (Å²) < 4.78 is 25.8. The molecule has 0 spiro atoms. The van der Waals surface area contributed by atoms with Gasteiger partial charge in [0.05, 0.1) is 34.3 Å². The van der Waals surface area contributed by atoms with Crippen molar-refractivity contribution in [1.82, 2.24) is 5.32 Å². The van der Waals surface area contributed by atoms with Gasteiger partial charge in [-0.3, -0.25) is 13.9 Å². The topological polar surface area (TPSA) is 95.6 Å². The molecule has 0 aliphatic heterocycles. The van der Waals surface area contributed by atoms with Crippen molar-refractivity contribution in [2.45, 2.75) is 25.8 Å². The van der Waals surface area contributed by atoms with Gasteiger partial charge < -0.3 is 10.6 Å². The molecular formula is C26H27Cl2N3O4S. The molecule has 0 aromatic heterocycles. The summed E-state index contributed by atoms with van der Waals surface area (Å²) in [6.45, 7) is 1.91. The van der Waals surface area contributed by atoms with E-state index in [0.29, 0.717) is 16.3 Å². The van der Waals surface area contributed by atoms with Crippen molar-refractivity contribution in [2.24, 2.45) is 0 Å². The Morgan fingerprint density at radius 3 is 2.33 bits per heavy atom. The lowest BCUT2D eigenvalue weighted by atomic mass is 10.1. The molecule has 0 radical (unpaired) electrons. The second-order valence-electron chi connectivity index (χ2n) is 8.23. The zero-order valence-corrected chi connectivity index (χ0v) is 22.2. The number of anilines is 2. The first-order valence-electron chi connectivity index (χ1n) is 11.2. The number of benzene rings is 3. The third kappa shape index (κ3) is 7.46. The number of rotatable bonds is 10. The van der Waals surface area contributed by atoms with Gasteiger partial charge in [-0.05, 0) is 49.2 Å². The number of amides is 2. The Labute approximate surface area is 221 Å². The highest BCUT2D eigenvalue weighted by atomic mass is 35.5. The number of halogens is 2. The quantitative estimate of drug-likeness (QED) is 0.341. The average molecular weight is 548 g/mol. The van der Waals surface area contributed by atoms with Gasteiger partial charge in [0.25, 0.3) is 5.91 Å². The number of hydrogen-bond acceptors (Lipinski definition) is 4. The standard InChI is InChI=1S/C26H27Cl2N3O4S/c1-18(19-9-4-3-5-10-19)29-26(33)21-11-6-7-12-23(21)30-25(32)13-8-16-31(36(2,34)35)24-17-20(27)14-15-22(24)28/h3-7,9-12,14-15,17-18H,8,13,16H2,1-2H3,(H,29,33)(H,30,32)/t18-/m0/s1. The highest BCUT2D eigenvalue weighted by molar-refractivity contribution is 7.92. The van der Waals surface area contributed by atoms with Gasteiger partial charge in [0.1, 0.15) is 0 Å². The molecule has 0 aliphatic rings. The van der Waals surface area contributed by atoms with Crippen LogP contribution in [0.5, 0.6) is 0 Å². The van der Waals surface area contributed by atoms with Crippen LogP contribution >= 0.6 is 23.2 Å². The highest BCUT2D eigenvalue weighted by Crippen LogP contribution is 2.31. The number of nitrogens with one attached hydrogen (secondary N) is 2. The van der Waals surface area contributed by atoms with Crippen LogP contribution in [-0.2, 0) is 14.8 Å². The van der Waals surface area contributed by atoms with Gasteiger partial charge in [-0.25, -0.2) is 8.42 Å². The fraction of sp³-hybridized carbons (Fsp3) is 0.231. The Hall–Kier alpha value is -3.07. The molecule has 190 valence electrons. The lowest BCUT2D eigenvalue weighted by Crippen LogP contribution is -2.32. The van der Waals surface area contributed by atoms with E-state index in [4.69, 9.17) is 23.2 Å². The first kappa shape index (κ1) is 27.5. The first-order valence-corrected chi connectivity index (χ1v) is 13.8. The SMILES string of the molecule is C[C@H](NC(=O)c1ccccc1NC(=O)CCCN(c1cc(Cl)ccc1Cl)S(C)(=O)=O)c1ccccc1. The molecule has 10 heteroatoms. The zero-order valence-electron chi connectivity index (χ0n) is 19.9. The van der Waals surface area contributed by atoms with Crippen LogP contribution in [0.1, 0.15) is 41.7 Å². The number of carbonyl (C=O) groups is 2. The molecule has 1 atom stereocenters. The van der Waals surface area contributed by atoms with Crippen molar-refractivity contribution in [3.63, 3.8) is 0 Å². The van der Waals surface area contributed by atoms with Crippen LogP contribution in [0.2, 0.25) is 10.0 Å². The van der Waals surface area contributed by atoms with Gasteiger partial charge in [-0.2, -0.15) is 0 Å². The van der Waals surface area contributed by atoms with Gasteiger partial charge in [0, 0.05) is 18.0 Å². The van der Waals surface area contributed by atoms with Gasteiger partial charge >= 0.3 is 0 Å². The summed E-state index contributed by atoms with van der Waals surface area (Å²) in [4.78, 5) is 25.6. The Morgan fingerprint density at radius 1 is 0.972 bits per heavy atom. The molecule has 0 unspecified atom stereocenters. The Morgan fingerprint density at radius 2 is 1.64 bits per heavy atom. The number of hydrogen-bond donors (Lipinski definition) is 2. The van der Waals surface area contributed by atoms with Crippen molar-refractivity contribution in [3.8, 4) is 0 Å². The Kier molecular flexibility index (Phi) is 9.37. The van der Waals surface area contributed by atoms with Crippen molar-refractivity contribution in [2.75, 3.05) is 22.4 Å². The summed E-state index contributed by atoms with van der Waals surface area (Å²) in [7, 11) is -3.66. The van der Waals surface area contributed by atoms with Gasteiger partial charge in [-0.1, -0.05) is 65.7 Å². The summed E-state index contributed by atoms with van der Waals surface area (Å²) in [6, 6.07) is 20.6. The molecular weight excluding hydrogens is 521 g/mol. The minimum Gasteiger partial charge on any atom is -0.345 e. The monoisotopic (exact) mass is 547 g/mol. The van der Waals surface area contributed by atoms with Crippen LogP contribution in [0, 0.1) is 0 Å². The number of carbonyl (C=O) groups excluding carboxylic acids is 2. The van der Waals surface area contributed by atoms with Crippen LogP contribution in [0.25, 0.3) is 0 Å². The van der Waals surface area contributed by atoms with Crippen molar-refractivity contribution in [3.05, 3.63) is 94.0 Å². The predicted octanol–water partition coefficient (Wildman–Crippen LogP) is 5.67. The number of para-hydroxylation sites is 1. The summed E-state index contributed by atoms with van der Waals surface area (Å²) >= 11 is 12.2. The fourth-order valence-corrected chi connectivity index (χ4v) is 5.03. The lowest BCUT2D eigenvalue weighted by molar-refractivity contribution is -0.116. The number of sulfonamides is 1. The third-order valence-corrected chi connectivity index (χ3v) is 7.17. The molecule has 0 heterocycles. The summed E-state index contributed by atoms with van der Waals surface area (Å²) in [5.74, 6) is -0.668. The van der Waals surface area contributed by atoms with Crippen LogP contribution in [0.3, 0.4) is 0 Å². The molecule has 2 N–H and O–H groups in total. The van der Waals surface area contributed by atoms with E-state index >= 15 is 0 Å². The van der Waals surface area contributed by atoms with E-state index < -0.39 is 10.0 Å². The normalized spacial score (nSPS) is 12.0. The van der Waals surface area contributed by atoms with Crippen LogP contribution in [-0.4, -0.2) is 33.0 Å². The number of nitrogens with zero attached hydrogens (tertiary/aromatic N) is 1. The predicted molar refractivity (Wildman–Crippen MR) is 145 cm³/mol. The smallest absolute Gasteiger partial charge is 0.253 e.